The quantitative estimate of drug-likeness (QED) is 0.201. The highest BCUT2D eigenvalue weighted by molar-refractivity contribution is 6.00. The summed E-state index contributed by atoms with van der Waals surface area (Å²) in [4.78, 5) is 71.0. The molecule has 11 rings (SSSR count). The molecule has 14 nitrogen and oxygen atoms in total. The molecule has 57 heavy (non-hydrogen) atoms. The van der Waals surface area contributed by atoms with Crippen molar-refractivity contribution < 1.29 is 14.4 Å². The number of anilines is 2. The van der Waals surface area contributed by atoms with Gasteiger partial charge in [-0.25, -0.2) is 14.8 Å². The van der Waals surface area contributed by atoms with Crippen LogP contribution in [0.1, 0.15) is 72.1 Å². The zero-order chi connectivity index (χ0) is 38.6. The fourth-order valence-electron chi connectivity index (χ4n) is 9.76. The first-order valence-electron chi connectivity index (χ1n) is 20.5. The number of aromatic amines is 1. The molecule has 4 aliphatic heterocycles. The van der Waals surface area contributed by atoms with Gasteiger partial charge in [0, 0.05) is 106 Å². The van der Waals surface area contributed by atoms with Gasteiger partial charge in [0.05, 0.1) is 28.0 Å². The van der Waals surface area contributed by atoms with Crippen LogP contribution >= 0.6 is 0 Å². The molecule has 7 heterocycles. The molecule has 0 bridgehead atoms. The largest absolute Gasteiger partial charge is 0.371 e. The van der Waals surface area contributed by atoms with Crippen LogP contribution in [0.15, 0.2) is 59.5 Å². The molecule has 14 heteroatoms. The van der Waals surface area contributed by atoms with E-state index in [0.29, 0.717) is 36.1 Å². The van der Waals surface area contributed by atoms with Crippen molar-refractivity contribution in [3.05, 3.63) is 82.0 Å². The van der Waals surface area contributed by atoms with Gasteiger partial charge in [0.15, 0.2) is 5.82 Å². The Kier molecular flexibility index (Phi) is 7.79. The lowest BCUT2D eigenvalue weighted by Crippen LogP contribution is -2.55. The zero-order valence-corrected chi connectivity index (χ0v) is 32.1. The minimum atomic E-state index is -0.680. The number of H-pyrrole nitrogens is 1. The van der Waals surface area contributed by atoms with Gasteiger partial charge in [-0.1, -0.05) is 0 Å². The van der Waals surface area contributed by atoms with E-state index < -0.39 is 11.9 Å². The van der Waals surface area contributed by atoms with Crippen molar-refractivity contribution in [2.24, 2.45) is 13.0 Å². The topological polar surface area (TPSA) is 153 Å². The lowest BCUT2D eigenvalue weighted by molar-refractivity contribution is -0.135. The molecule has 292 valence electrons. The molecule has 5 fully saturated rings. The van der Waals surface area contributed by atoms with E-state index in [2.05, 4.69) is 54.6 Å². The number of aromatic nitrogens is 5. The Morgan fingerprint density at radius 1 is 0.877 bits per heavy atom. The maximum Gasteiger partial charge on any atom is 0.329 e. The number of fused-ring (bicyclic) bond motifs is 3. The summed E-state index contributed by atoms with van der Waals surface area (Å²) in [6.07, 6.45) is 6.99. The highest BCUT2D eigenvalue weighted by atomic mass is 16.2. The number of amides is 3. The Morgan fingerprint density at radius 2 is 1.70 bits per heavy atom. The molecule has 3 N–H and O–H groups in total. The van der Waals surface area contributed by atoms with Gasteiger partial charge >= 0.3 is 5.69 Å². The normalized spacial score (nSPS) is 22.1. The number of nitrogens with zero attached hydrogens (tertiary/aromatic N) is 7. The number of hydrogen-bond acceptors (Lipinski definition) is 9. The molecule has 3 amide bonds. The fraction of sp³-hybridized carbons (Fsp3) is 0.442. The highest BCUT2D eigenvalue weighted by Gasteiger charge is 2.50. The summed E-state index contributed by atoms with van der Waals surface area (Å²) in [6, 6.07) is 16.0. The van der Waals surface area contributed by atoms with Gasteiger partial charge in [-0.3, -0.25) is 33.7 Å². The lowest BCUT2D eigenvalue weighted by Gasteiger charge is -2.45. The average molecular weight is 767 g/mol. The number of benzene rings is 2. The number of imide groups is 1. The third-order valence-electron chi connectivity index (χ3n) is 13.4. The van der Waals surface area contributed by atoms with E-state index in [9.17, 15) is 19.2 Å². The SMILES string of the molecule is Cn1c(=O)n(C2CCC(=O)NC2=O)c2ccc(N3CC(CN4CCN(c5ccc(-c6nccc(-c7cc8c([nH]7)C7(CC7)CNC8=O)n6)cc5C5CC5)CC4)C3)cc21. The molecule has 6 aliphatic rings. The number of imidazole rings is 1. The van der Waals surface area contributed by atoms with E-state index in [4.69, 9.17) is 9.97 Å². The van der Waals surface area contributed by atoms with E-state index in [0.717, 1.165) is 98.1 Å². The maximum atomic E-state index is 13.2. The number of piperidine rings is 1. The first-order chi connectivity index (χ1) is 27.7. The summed E-state index contributed by atoms with van der Waals surface area (Å²) in [5, 5.41) is 5.45. The lowest BCUT2D eigenvalue weighted by atomic mass is 9.95. The number of hydrogen-bond donors (Lipinski definition) is 3. The second-order valence-electron chi connectivity index (χ2n) is 17.2. The highest BCUT2D eigenvalue weighted by Crippen LogP contribution is 2.51. The molecule has 2 saturated carbocycles. The molecular formula is C43H46N10O4. The van der Waals surface area contributed by atoms with E-state index in [-0.39, 0.29) is 29.3 Å². The molecule has 1 atom stereocenters. The smallest absolute Gasteiger partial charge is 0.329 e. The standard InChI is InChI=1S/C43H46N10O4/c1-49-36-19-28(5-7-34(36)53(42(49)57)35-8-9-37(54)48-41(35)56)52-22-25(23-52)21-50-14-16-51(17-15-50)33-6-4-27(18-29(33)26-2-3-26)39-44-13-10-31(47-39)32-20-30-38(46-32)43(11-12-43)24-45-40(30)55/h4-7,10,13,18-20,25-26,35,46H,2-3,8-9,11-12,14-17,21-24H2,1H3,(H,45,55)(H,48,54,56). The molecule has 1 unspecified atom stereocenters. The molecule has 5 aromatic rings. The van der Waals surface area contributed by atoms with Gasteiger partial charge in [-0.05, 0) is 92.1 Å². The fourth-order valence-corrected chi connectivity index (χ4v) is 9.76. The van der Waals surface area contributed by atoms with Crippen molar-refractivity contribution in [3.63, 3.8) is 0 Å². The Bertz CT molecular complexity index is 2550. The van der Waals surface area contributed by atoms with E-state index >= 15 is 0 Å². The van der Waals surface area contributed by atoms with E-state index in [1.54, 1.807) is 11.6 Å². The summed E-state index contributed by atoms with van der Waals surface area (Å²) >= 11 is 0. The number of aryl methyl sites for hydroxylation is 1. The van der Waals surface area contributed by atoms with Crippen molar-refractivity contribution in [3.8, 4) is 22.8 Å². The van der Waals surface area contributed by atoms with Crippen molar-refractivity contribution >= 4 is 40.1 Å². The van der Waals surface area contributed by atoms with Crippen LogP contribution in [0.3, 0.4) is 0 Å². The van der Waals surface area contributed by atoms with Crippen molar-refractivity contribution in [1.82, 2.24) is 39.6 Å². The van der Waals surface area contributed by atoms with Gasteiger partial charge in [-0.2, -0.15) is 0 Å². The summed E-state index contributed by atoms with van der Waals surface area (Å²) in [5.41, 5.74) is 9.63. The Balaban J connectivity index is 0.732. The van der Waals surface area contributed by atoms with Crippen LogP contribution in [0, 0.1) is 5.92 Å². The predicted molar refractivity (Wildman–Crippen MR) is 215 cm³/mol. The first-order valence-corrected chi connectivity index (χ1v) is 20.5. The van der Waals surface area contributed by atoms with Crippen LogP contribution in [0.4, 0.5) is 11.4 Å². The Morgan fingerprint density at radius 3 is 2.47 bits per heavy atom. The maximum absolute atomic E-state index is 13.2. The second kappa shape index (κ2) is 12.9. The van der Waals surface area contributed by atoms with Crippen molar-refractivity contribution in [2.45, 2.75) is 55.9 Å². The van der Waals surface area contributed by atoms with Crippen LogP contribution in [0.5, 0.6) is 0 Å². The van der Waals surface area contributed by atoms with Gasteiger partial charge in [0.1, 0.15) is 6.04 Å². The van der Waals surface area contributed by atoms with E-state index in [1.807, 2.05) is 30.5 Å². The van der Waals surface area contributed by atoms with Crippen molar-refractivity contribution in [1.29, 1.82) is 0 Å². The van der Waals surface area contributed by atoms with Gasteiger partial charge in [0.2, 0.25) is 11.8 Å². The van der Waals surface area contributed by atoms with Gasteiger partial charge in [0.25, 0.3) is 5.91 Å². The number of rotatable bonds is 8. The predicted octanol–water partition coefficient (Wildman–Crippen LogP) is 3.68. The number of piperazine rings is 1. The molecule has 3 saturated heterocycles. The van der Waals surface area contributed by atoms with Crippen LogP contribution in [-0.2, 0) is 22.1 Å². The van der Waals surface area contributed by atoms with Crippen LogP contribution in [0.25, 0.3) is 33.8 Å². The first kappa shape index (κ1) is 34.5. The number of nitrogens with one attached hydrogen (secondary N) is 3. The zero-order valence-electron chi connectivity index (χ0n) is 32.1. The molecular weight excluding hydrogens is 721 g/mol. The molecule has 2 aliphatic carbocycles. The minimum Gasteiger partial charge on any atom is -0.371 e. The molecule has 1 spiro atoms. The third-order valence-corrected chi connectivity index (χ3v) is 13.4. The van der Waals surface area contributed by atoms with E-state index in [1.165, 1.54) is 28.7 Å². The summed E-state index contributed by atoms with van der Waals surface area (Å²) in [6.45, 7) is 7.72. The summed E-state index contributed by atoms with van der Waals surface area (Å²) in [7, 11) is 1.74. The van der Waals surface area contributed by atoms with Crippen LogP contribution in [0.2, 0.25) is 0 Å². The summed E-state index contributed by atoms with van der Waals surface area (Å²) in [5.74, 6) is 1.13. The van der Waals surface area contributed by atoms with Crippen molar-refractivity contribution in [2.75, 3.05) is 62.2 Å². The minimum absolute atomic E-state index is 0.0112. The molecule has 2 aromatic carbocycles. The average Bonchev–Trinajstić information content (AvgIpc) is 4.15. The molecule has 3 aromatic heterocycles. The Labute approximate surface area is 329 Å². The number of carbonyl (C=O) groups excluding carboxylic acids is 3. The summed E-state index contributed by atoms with van der Waals surface area (Å²) < 4.78 is 3.14. The molecule has 0 radical (unpaired) electrons. The second-order valence-corrected chi connectivity index (χ2v) is 17.2. The van der Waals surface area contributed by atoms with Crippen LogP contribution < -0.4 is 26.1 Å². The van der Waals surface area contributed by atoms with Crippen LogP contribution in [-0.4, -0.2) is 99.1 Å². The monoisotopic (exact) mass is 766 g/mol. The Hall–Kier alpha value is -5.76. The number of carbonyl (C=O) groups is 3. The van der Waals surface area contributed by atoms with Gasteiger partial charge in [-0.15, -0.1) is 0 Å². The third kappa shape index (κ3) is 5.86. The van der Waals surface area contributed by atoms with Gasteiger partial charge < -0.3 is 20.1 Å².